The maximum atomic E-state index is 12.0. The molecule has 8 nitrogen and oxygen atoms in total. The lowest BCUT2D eigenvalue weighted by atomic mass is 10.2. The van der Waals surface area contributed by atoms with Crippen molar-refractivity contribution in [2.24, 2.45) is 0 Å². The summed E-state index contributed by atoms with van der Waals surface area (Å²) in [7, 11) is 0. The van der Waals surface area contributed by atoms with Crippen LogP contribution in [0.25, 0.3) is 11.5 Å². The van der Waals surface area contributed by atoms with Gasteiger partial charge in [-0.3, -0.25) is 14.9 Å². The van der Waals surface area contributed by atoms with Crippen LogP contribution in [0, 0.1) is 10.1 Å². The van der Waals surface area contributed by atoms with Crippen LogP contribution in [0.2, 0.25) is 0 Å². The fraction of sp³-hybridized carbons (Fsp3) is 0.0625. The van der Waals surface area contributed by atoms with Gasteiger partial charge in [-0.05, 0) is 62.2 Å². The van der Waals surface area contributed by atoms with Crippen LogP contribution < -0.4 is 5.32 Å². The van der Waals surface area contributed by atoms with E-state index in [-0.39, 0.29) is 28.5 Å². The van der Waals surface area contributed by atoms with E-state index in [1.807, 2.05) is 6.07 Å². The molecule has 1 amide bonds. The minimum atomic E-state index is -0.485. The molecule has 0 atom stereocenters. The first-order valence-electron chi connectivity index (χ1n) is 7.38. The van der Waals surface area contributed by atoms with Gasteiger partial charge in [-0.2, -0.15) is 0 Å². The molecule has 0 unspecified atom stereocenters. The third-order valence-electron chi connectivity index (χ3n) is 3.26. The van der Waals surface area contributed by atoms with E-state index in [4.69, 9.17) is 4.42 Å². The lowest BCUT2D eigenvalue weighted by Crippen LogP contribution is -2.13. The predicted molar refractivity (Wildman–Crippen MR) is 108 cm³/mol. The number of carbonyl (C=O) groups is 1. The molecule has 27 heavy (non-hydrogen) atoms. The number of nitrogens with one attached hydrogen (secondary N) is 1. The number of aromatic nitrogens is 2. The molecular formula is C16H10Br2N4O4S. The topological polar surface area (TPSA) is 111 Å². The van der Waals surface area contributed by atoms with E-state index in [0.29, 0.717) is 11.3 Å². The van der Waals surface area contributed by atoms with Crippen molar-refractivity contribution in [3.8, 4) is 11.5 Å². The number of nitro benzene ring substituents is 1. The number of thioether (sulfide) groups is 1. The minimum absolute atomic E-state index is 0.0240. The summed E-state index contributed by atoms with van der Waals surface area (Å²) in [5, 5.41) is 21.4. The number of hydrogen-bond acceptors (Lipinski definition) is 7. The van der Waals surface area contributed by atoms with E-state index >= 15 is 0 Å². The van der Waals surface area contributed by atoms with E-state index < -0.39 is 4.92 Å². The second-order valence-corrected chi connectivity index (χ2v) is 7.78. The zero-order valence-electron chi connectivity index (χ0n) is 13.4. The molecule has 1 aromatic heterocycles. The fourth-order valence-corrected chi connectivity index (χ4v) is 3.20. The summed E-state index contributed by atoms with van der Waals surface area (Å²) < 4.78 is 7.20. The van der Waals surface area contributed by atoms with E-state index in [2.05, 4.69) is 47.4 Å². The van der Waals surface area contributed by atoms with Crippen LogP contribution in [0.15, 0.2) is 61.0 Å². The molecule has 2 aromatic carbocycles. The van der Waals surface area contributed by atoms with Gasteiger partial charge in [-0.25, -0.2) is 0 Å². The van der Waals surface area contributed by atoms with E-state index in [1.54, 1.807) is 12.1 Å². The number of benzene rings is 2. The Morgan fingerprint density at radius 2 is 1.89 bits per heavy atom. The molecule has 1 heterocycles. The van der Waals surface area contributed by atoms with E-state index in [9.17, 15) is 14.9 Å². The molecule has 0 spiro atoms. The third kappa shape index (κ3) is 5.15. The van der Waals surface area contributed by atoms with Crippen LogP contribution in [0.5, 0.6) is 0 Å². The normalized spacial score (nSPS) is 10.6. The van der Waals surface area contributed by atoms with Crippen molar-refractivity contribution >= 4 is 60.9 Å². The molecule has 11 heteroatoms. The Morgan fingerprint density at radius 1 is 1.15 bits per heavy atom. The van der Waals surface area contributed by atoms with Crippen molar-refractivity contribution in [3.63, 3.8) is 0 Å². The molecule has 0 aliphatic carbocycles. The summed E-state index contributed by atoms with van der Waals surface area (Å²) in [6, 6.07) is 11.1. The van der Waals surface area contributed by atoms with Gasteiger partial charge in [0.1, 0.15) is 0 Å². The average Bonchev–Trinajstić information content (AvgIpc) is 3.12. The standard InChI is InChI=1S/C16H10Br2N4O4S/c17-12-6-3-10(7-13(12)18)19-14(23)8-27-16-21-20-15(26-16)9-1-4-11(5-2-9)22(24)25/h1-7H,8H2,(H,19,23). The molecule has 1 N–H and O–H groups in total. The van der Waals surface area contributed by atoms with Gasteiger partial charge >= 0.3 is 0 Å². The van der Waals surface area contributed by atoms with Gasteiger partial charge in [0.2, 0.25) is 11.8 Å². The number of non-ortho nitro benzene ring substituents is 1. The number of rotatable bonds is 6. The number of nitro groups is 1. The minimum Gasteiger partial charge on any atom is -0.411 e. The first-order chi connectivity index (χ1) is 12.9. The Kier molecular flexibility index (Phi) is 6.24. The summed E-state index contributed by atoms with van der Waals surface area (Å²) in [6.07, 6.45) is 0. The van der Waals surface area contributed by atoms with Crippen molar-refractivity contribution in [3.05, 3.63) is 61.5 Å². The number of nitrogens with zero attached hydrogens (tertiary/aromatic N) is 3. The number of anilines is 1. The molecule has 0 aliphatic rings. The quantitative estimate of drug-likeness (QED) is 0.283. The van der Waals surface area contributed by atoms with Crippen molar-refractivity contribution in [2.45, 2.75) is 5.22 Å². The van der Waals surface area contributed by atoms with Crippen molar-refractivity contribution in [1.29, 1.82) is 0 Å². The molecule has 0 bridgehead atoms. The van der Waals surface area contributed by atoms with Crippen LogP contribution in [0.4, 0.5) is 11.4 Å². The lowest BCUT2D eigenvalue weighted by Gasteiger charge is -2.05. The monoisotopic (exact) mass is 512 g/mol. The molecule has 0 saturated carbocycles. The lowest BCUT2D eigenvalue weighted by molar-refractivity contribution is -0.384. The fourth-order valence-electron chi connectivity index (χ4n) is 2.01. The van der Waals surface area contributed by atoms with Gasteiger partial charge in [-0.15, -0.1) is 10.2 Å². The first kappa shape index (κ1) is 19.5. The van der Waals surface area contributed by atoms with Gasteiger partial charge in [0, 0.05) is 32.3 Å². The van der Waals surface area contributed by atoms with Crippen LogP contribution in [-0.2, 0) is 4.79 Å². The van der Waals surface area contributed by atoms with Crippen LogP contribution in [-0.4, -0.2) is 26.8 Å². The Morgan fingerprint density at radius 3 is 2.56 bits per heavy atom. The maximum absolute atomic E-state index is 12.0. The van der Waals surface area contributed by atoms with Gasteiger partial charge in [0.15, 0.2) is 0 Å². The number of amides is 1. The van der Waals surface area contributed by atoms with Gasteiger partial charge < -0.3 is 9.73 Å². The van der Waals surface area contributed by atoms with Gasteiger partial charge in [0.05, 0.1) is 10.7 Å². The Labute approximate surface area is 174 Å². The summed E-state index contributed by atoms with van der Waals surface area (Å²) in [5.41, 5.74) is 1.20. The summed E-state index contributed by atoms with van der Waals surface area (Å²) in [5.74, 6) is 0.101. The second kappa shape index (κ2) is 8.63. The van der Waals surface area contributed by atoms with Crippen LogP contribution in [0.3, 0.4) is 0 Å². The zero-order chi connectivity index (χ0) is 19.4. The molecule has 3 rings (SSSR count). The Bertz CT molecular complexity index is 994. The Hall–Kier alpha value is -2.24. The van der Waals surface area contributed by atoms with E-state index in [0.717, 1.165) is 20.7 Å². The van der Waals surface area contributed by atoms with Gasteiger partial charge in [0.25, 0.3) is 10.9 Å². The highest BCUT2D eigenvalue weighted by atomic mass is 79.9. The molecule has 3 aromatic rings. The number of hydrogen-bond donors (Lipinski definition) is 1. The highest BCUT2D eigenvalue weighted by molar-refractivity contribution is 9.13. The largest absolute Gasteiger partial charge is 0.411 e. The van der Waals surface area contributed by atoms with Crippen molar-refractivity contribution < 1.29 is 14.1 Å². The second-order valence-electron chi connectivity index (χ2n) is 5.14. The predicted octanol–water partition coefficient (Wildman–Crippen LogP) is 4.90. The molecule has 0 radical (unpaired) electrons. The average molecular weight is 514 g/mol. The molecule has 0 fully saturated rings. The highest BCUT2D eigenvalue weighted by Crippen LogP contribution is 2.27. The summed E-state index contributed by atoms with van der Waals surface area (Å²) in [6.45, 7) is 0. The van der Waals surface area contributed by atoms with Crippen molar-refractivity contribution in [2.75, 3.05) is 11.1 Å². The SMILES string of the molecule is O=C(CSc1nnc(-c2ccc([N+](=O)[O-])cc2)o1)Nc1ccc(Br)c(Br)c1. The molecular weight excluding hydrogens is 504 g/mol. The highest BCUT2D eigenvalue weighted by Gasteiger charge is 2.13. The van der Waals surface area contributed by atoms with Gasteiger partial charge in [-0.1, -0.05) is 11.8 Å². The number of halogens is 2. The third-order valence-corrected chi connectivity index (χ3v) is 5.96. The Balaban J connectivity index is 1.58. The molecule has 0 aliphatic heterocycles. The van der Waals surface area contributed by atoms with Crippen LogP contribution in [0.1, 0.15) is 0 Å². The first-order valence-corrected chi connectivity index (χ1v) is 9.95. The summed E-state index contributed by atoms with van der Waals surface area (Å²) >= 11 is 7.84. The van der Waals surface area contributed by atoms with Crippen LogP contribution >= 0.6 is 43.6 Å². The number of carbonyl (C=O) groups excluding carboxylic acids is 1. The van der Waals surface area contributed by atoms with E-state index in [1.165, 1.54) is 24.3 Å². The summed E-state index contributed by atoms with van der Waals surface area (Å²) in [4.78, 5) is 22.2. The smallest absolute Gasteiger partial charge is 0.277 e. The molecule has 0 saturated heterocycles. The maximum Gasteiger partial charge on any atom is 0.277 e. The zero-order valence-corrected chi connectivity index (χ0v) is 17.4. The van der Waals surface area contributed by atoms with Crippen molar-refractivity contribution in [1.82, 2.24) is 10.2 Å². The molecule has 138 valence electrons.